The van der Waals surface area contributed by atoms with E-state index in [0.29, 0.717) is 5.96 Å². The van der Waals surface area contributed by atoms with Gasteiger partial charge in [0.1, 0.15) is 5.75 Å². The molecule has 1 aromatic carbocycles. The van der Waals surface area contributed by atoms with Crippen molar-refractivity contribution in [1.82, 2.24) is 5.32 Å². The Morgan fingerprint density at radius 3 is 2.70 bits per heavy atom. The fourth-order valence-electron chi connectivity index (χ4n) is 1.74. The van der Waals surface area contributed by atoms with E-state index >= 15 is 0 Å². The predicted molar refractivity (Wildman–Crippen MR) is 88.8 cm³/mol. The lowest BCUT2D eigenvalue weighted by atomic mass is 10.1. The molecule has 0 aromatic heterocycles. The number of aliphatic imine (C=N–C) groups is 1. The summed E-state index contributed by atoms with van der Waals surface area (Å²) in [5, 5.41) is 3.14. The fourth-order valence-corrected chi connectivity index (χ4v) is 2.23. The van der Waals surface area contributed by atoms with E-state index in [1.54, 1.807) is 7.11 Å². The number of methoxy groups -OCH3 is 1. The number of unbranched alkanes of at least 4 members (excludes halogenated alkanes) is 1. The van der Waals surface area contributed by atoms with Gasteiger partial charge in [0.2, 0.25) is 0 Å². The summed E-state index contributed by atoms with van der Waals surface area (Å²) in [6.07, 6.45) is 5.34. The summed E-state index contributed by atoms with van der Waals surface area (Å²) in [4.78, 5) is 4.31. The van der Waals surface area contributed by atoms with Gasteiger partial charge in [0.15, 0.2) is 5.96 Å². The van der Waals surface area contributed by atoms with Crippen molar-refractivity contribution in [3.8, 4) is 5.75 Å². The van der Waals surface area contributed by atoms with Gasteiger partial charge in [-0.2, -0.15) is 11.8 Å². The molecule has 0 heterocycles. The molecular formula is C15H25N3OS. The van der Waals surface area contributed by atoms with E-state index in [2.05, 4.69) is 28.7 Å². The Labute approximate surface area is 126 Å². The molecule has 0 aliphatic carbocycles. The fraction of sp³-hybridized carbons (Fsp3) is 0.533. The Kier molecular flexibility index (Phi) is 8.71. The Balaban J connectivity index is 2.17. The molecule has 3 N–H and O–H groups in total. The molecular weight excluding hydrogens is 270 g/mol. The van der Waals surface area contributed by atoms with Crippen LogP contribution in [0.5, 0.6) is 5.75 Å². The molecule has 0 amide bonds. The van der Waals surface area contributed by atoms with Gasteiger partial charge in [0.05, 0.1) is 7.11 Å². The first kappa shape index (κ1) is 16.7. The summed E-state index contributed by atoms with van der Waals surface area (Å²) in [5.41, 5.74) is 7.07. The van der Waals surface area contributed by atoms with Gasteiger partial charge in [0, 0.05) is 13.1 Å². The zero-order valence-electron chi connectivity index (χ0n) is 12.4. The first-order chi connectivity index (χ1) is 9.76. The molecule has 0 fully saturated rings. The van der Waals surface area contributed by atoms with Gasteiger partial charge in [-0.05, 0) is 49.0 Å². The maximum Gasteiger partial charge on any atom is 0.188 e. The van der Waals surface area contributed by atoms with Crippen molar-refractivity contribution in [3.63, 3.8) is 0 Å². The van der Waals surface area contributed by atoms with Crippen molar-refractivity contribution in [2.24, 2.45) is 10.7 Å². The number of thioether (sulfide) groups is 1. The van der Waals surface area contributed by atoms with Crippen LogP contribution in [0.2, 0.25) is 0 Å². The van der Waals surface area contributed by atoms with Crippen LogP contribution in [-0.2, 0) is 6.42 Å². The average molecular weight is 295 g/mol. The summed E-state index contributed by atoms with van der Waals surface area (Å²) in [6, 6.07) is 8.07. The second kappa shape index (κ2) is 10.4. The third kappa shape index (κ3) is 7.28. The monoisotopic (exact) mass is 295 g/mol. The van der Waals surface area contributed by atoms with Crippen LogP contribution >= 0.6 is 11.8 Å². The molecule has 0 spiro atoms. The topological polar surface area (TPSA) is 59.6 Å². The van der Waals surface area contributed by atoms with E-state index in [1.165, 1.54) is 17.7 Å². The lowest BCUT2D eigenvalue weighted by Gasteiger charge is -2.06. The Hall–Kier alpha value is -1.36. The molecule has 20 heavy (non-hydrogen) atoms. The van der Waals surface area contributed by atoms with Crippen LogP contribution in [0.3, 0.4) is 0 Å². The third-order valence-electron chi connectivity index (χ3n) is 2.92. The quantitative estimate of drug-likeness (QED) is 0.417. The summed E-state index contributed by atoms with van der Waals surface area (Å²) in [7, 11) is 1.67. The lowest BCUT2D eigenvalue weighted by molar-refractivity contribution is 0.414. The molecule has 0 saturated carbocycles. The average Bonchev–Trinajstić information content (AvgIpc) is 2.48. The first-order valence-electron chi connectivity index (χ1n) is 6.92. The molecule has 1 aromatic rings. The van der Waals surface area contributed by atoms with Gasteiger partial charge in [-0.1, -0.05) is 12.1 Å². The zero-order chi connectivity index (χ0) is 14.6. The minimum absolute atomic E-state index is 0.544. The van der Waals surface area contributed by atoms with Crippen molar-refractivity contribution in [3.05, 3.63) is 29.8 Å². The highest BCUT2D eigenvalue weighted by atomic mass is 32.2. The number of guanidine groups is 1. The van der Waals surface area contributed by atoms with Gasteiger partial charge >= 0.3 is 0 Å². The van der Waals surface area contributed by atoms with Crippen LogP contribution in [0.25, 0.3) is 0 Å². The molecule has 112 valence electrons. The molecule has 4 nitrogen and oxygen atoms in total. The normalized spacial score (nSPS) is 11.4. The summed E-state index contributed by atoms with van der Waals surface area (Å²) in [5.74, 6) is 2.62. The Morgan fingerprint density at radius 2 is 2.05 bits per heavy atom. The number of hydrogen-bond donors (Lipinski definition) is 2. The van der Waals surface area contributed by atoms with Gasteiger partial charge in [-0.25, -0.2) is 0 Å². The second-order valence-corrected chi connectivity index (χ2v) is 5.48. The smallest absolute Gasteiger partial charge is 0.188 e. The number of nitrogens with two attached hydrogens (primary N) is 1. The van der Waals surface area contributed by atoms with Crippen LogP contribution in [0.15, 0.2) is 29.3 Å². The molecule has 0 aliphatic heterocycles. The largest absolute Gasteiger partial charge is 0.497 e. The number of nitrogens with zero attached hydrogens (tertiary/aromatic N) is 1. The first-order valence-corrected chi connectivity index (χ1v) is 8.31. The Morgan fingerprint density at radius 1 is 1.30 bits per heavy atom. The van der Waals surface area contributed by atoms with Crippen molar-refractivity contribution in [1.29, 1.82) is 0 Å². The third-order valence-corrected chi connectivity index (χ3v) is 3.61. The molecule has 0 bridgehead atoms. The molecule has 0 radical (unpaired) electrons. The highest BCUT2D eigenvalue weighted by Crippen LogP contribution is 2.11. The van der Waals surface area contributed by atoms with Crippen LogP contribution in [0.1, 0.15) is 18.4 Å². The van der Waals surface area contributed by atoms with Gasteiger partial charge in [0.25, 0.3) is 0 Å². The highest BCUT2D eigenvalue weighted by molar-refractivity contribution is 7.98. The van der Waals surface area contributed by atoms with E-state index in [1.807, 2.05) is 23.9 Å². The van der Waals surface area contributed by atoms with Gasteiger partial charge in [-0.3, -0.25) is 4.99 Å². The van der Waals surface area contributed by atoms with Crippen LogP contribution in [0.4, 0.5) is 0 Å². The number of benzene rings is 1. The SMILES string of the molecule is COc1ccc(CCNC(N)=NCCCCSC)cc1. The van der Waals surface area contributed by atoms with Crippen molar-refractivity contribution < 1.29 is 4.74 Å². The van der Waals surface area contributed by atoms with Crippen molar-refractivity contribution in [2.75, 3.05) is 32.2 Å². The molecule has 0 saturated heterocycles. The summed E-state index contributed by atoms with van der Waals surface area (Å²) < 4.78 is 5.13. The molecule has 5 heteroatoms. The number of ether oxygens (including phenoxy) is 1. The van der Waals surface area contributed by atoms with Gasteiger partial charge < -0.3 is 15.8 Å². The predicted octanol–water partition coefficient (Wildman–Crippen LogP) is 2.29. The standard InChI is InChI=1S/C15H25N3OS/c1-19-14-7-5-13(6-8-14)9-11-18-15(16)17-10-3-4-12-20-2/h5-8H,3-4,9-12H2,1-2H3,(H3,16,17,18). The van der Waals surface area contributed by atoms with Crippen LogP contribution in [0, 0.1) is 0 Å². The summed E-state index contributed by atoms with van der Waals surface area (Å²) >= 11 is 1.87. The molecule has 1 rings (SSSR count). The molecule has 0 unspecified atom stereocenters. The van der Waals surface area contributed by atoms with E-state index in [-0.39, 0.29) is 0 Å². The van der Waals surface area contributed by atoms with Crippen molar-refractivity contribution >= 4 is 17.7 Å². The second-order valence-electron chi connectivity index (χ2n) is 4.49. The van der Waals surface area contributed by atoms with E-state index in [9.17, 15) is 0 Å². The van der Waals surface area contributed by atoms with E-state index < -0.39 is 0 Å². The number of nitrogens with one attached hydrogen (secondary N) is 1. The molecule has 0 atom stereocenters. The molecule has 0 aliphatic rings. The van der Waals surface area contributed by atoms with Crippen LogP contribution < -0.4 is 15.8 Å². The number of rotatable bonds is 9. The van der Waals surface area contributed by atoms with Gasteiger partial charge in [-0.15, -0.1) is 0 Å². The number of hydrogen-bond acceptors (Lipinski definition) is 3. The Bertz CT molecular complexity index is 393. The van der Waals surface area contributed by atoms with E-state index in [4.69, 9.17) is 10.5 Å². The maximum atomic E-state index is 5.81. The maximum absolute atomic E-state index is 5.81. The minimum Gasteiger partial charge on any atom is -0.497 e. The van der Waals surface area contributed by atoms with E-state index in [0.717, 1.165) is 31.7 Å². The summed E-state index contributed by atoms with van der Waals surface area (Å²) in [6.45, 7) is 1.61. The van der Waals surface area contributed by atoms with Crippen LogP contribution in [-0.4, -0.2) is 38.2 Å². The van der Waals surface area contributed by atoms with Crippen molar-refractivity contribution in [2.45, 2.75) is 19.3 Å². The minimum atomic E-state index is 0.544. The zero-order valence-corrected chi connectivity index (χ0v) is 13.2. The lowest BCUT2D eigenvalue weighted by Crippen LogP contribution is -2.33. The highest BCUT2D eigenvalue weighted by Gasteiger charge is 1.96.